The molecule has 1 aliphatic carbocycles. The topological polar surface area (TPSA) is 41.1 Å². The summed E-state index contributed by atoms with van der Waals surface area (Å²) in [7, 11) is 0. The first-order valence-electron chi connectivity index (χ1n) is 6.76. The minimum atomic E-state index is -4.45. The zero-order valence-electron chi connectivity index (χ0n) is 11.3. The summed E-state index contributed by atoms with van der Waals surface area (Å²) in [6, 6.07) is 3.66. The van der Waals surface area contributed by atoms with Gasteiger partial charge in [0, 0.05) is 17.1 Å². The third-order valence-electron chi connectivity index (χ3n) is 3.19. The van der Waals surface area contributed by atoms with Crippen molar-refractivity contribution in [1.82, 2.24) is 10.6 Å². The van der Waals surface area contributed by atoms with E-state index in [-0.39, 0.29) is 5.56 Å². The summed E-state index contributed by atoms with van der Waals surface area (Å²) in [6.45, 7) is 1.23. The van der Waals surface area contributed by atoms with Gasteiger partial charge in [-0.3, -0.25) is 4.79 Å². The predicted molar refractivity (Wildman–Crippen MR) is 77.1 cm³/mol. The third kappa shape index (κ3) is 5.00. The van der Waals surface area contributed by atoms with Gasteiger partial charge in [-0.2, -0.15) is 13.2 Å². The van der Waals surface area contributed by atoms with Gasteiger partial charge in [0.25, 0.3) is 5.91 Å². The SMILES string of the molecule is O=C(NCCCNC1CC1)c1cc(C(F)(F)F)ccc1Br. The van der Waals surface area contributed by atoms with Gasteiger partial charge in [0.15, 0.2) is 0 Å². The summed E-state index contributed by atoms with van der Waals surface area (Å²) in [4.78, 5) is 11.9. The second-order valence-corrected chi connectivity index (χ2v) is 5.88. The van der Waals surface area contributed by atoms with E-state index in [0.29, 0.717) is 17.1 Å². The fourth-order valence-electron chi connectivity index (χ4n) is 1.85. The number of carbonyl (C=O) groups is 1. The van der Waals surface area contributed by atoms with E-state index in [4.69, 9.17) is 0 Å². The lowest BCUT2D eigenvalue weighted by Gasteiger charge is -2.11. The van der Waals surface area contributed by atoms with Crippen LogP contribution >= 0.6 is 15.9 Å². The number of benzene rings is 1. The summed E-state index contributed by atoms with van der Waals surface area (Å²) in [6.07, 6.45) is -1.31. The molecule has 1 fully saturated rings. The Morgan fingerprint density at radius 3 is 2.62 bits per heavy atom. The fraction of sp³-hybridized carbons (Fsp3) is 0.500. The van der Waals surface area contributed by atoms with Gasteiger partial charge in [-0.05, 0) is 59.9 Å². The van der Waals surface area contributed by atoms with Gasteiger partial charge < -0.3 is 10.6 Å². The van der Waals surface area contributed by atoms with Crippen molar-refractivity contribution in [2.45, 2.75) is 31.5 Å². The molecule has 2 N–H and O–H groups in total. The summed E-state index contributed by atoms with van der Waals surface area (Å²) in [5.74, 6) is -0.501. The van der Waals surface area contributed by atoms with Crippen LogP contribution in [0.4, 0.5) is 13.2 Å². The van der Waals surface area contributed by atoms with E-state index in [9.17, 15) is 18.0 Å². The molecule has 1 saturated carbocycles. The molecule has 2 rings (SSSR count). The molecule has 0 spiro atoms. The zero-order valence-corrected chi connectivity index (χ0v) is 12.9. The Bertz CT molecular complexity index is 515. The highest BCUT2D eigenvalue weighted by molar-refractivity contribution is 9.10. The number of hydrogen-bond acceptors (Lipinski definition) is 2. The lowest BCUT2D eigenvalue weighted by atomic mass is 10.1. The van der Waals surface area contributed by atoms with Crippen molar-refractivity contribution >= 4 is 21.8 Å². The van der Waals surface area contributed by atoms with Crippen LogP contribution in [0.25, 0.3) is 0 Å². The average molecular weight is 365 g/mol. The first-order valence-corrected chi connectivity index (χ1v) is 7.55. The number of rotatable bonds is 6. The first-order chi connectivity index (χ1) is 9.88. The molecule has 0 aliphatic heterocycles. The minimum Gasteiger partial charge on any atom is -0.352 e. The lowest BCUT2D eigenvalue weighted by molar-refractivity contribution is -0.137. The van der Waals surface area contributed by atoms with E-state index in [2.05, 4.69) is 26.6 Å². The van der Waals surface area contributed by atoms with Crippen molar-refractivity contribution in [3.8, 4) is 0 Å². The number of amides is 1. The molecule has 0 heterocycles. The highest BCUT2D eigenvalue weighted by Gasteiger charge is 2.31. The zero-order chi connectivity index (χ0) is 15.5. The molecule has 0 saturated heterocycles. The number of nitrogens with one attached hydrogen (secondary N) is 2. The Labute approximate surface area is 129 Å². The predicted octanol–water partition coefficient (Wildman–Crippen LogP) is 3.34. The molecule has 0 atom stereocenters. The molecule has 116 valence electrons. The molecule has 21 heavy (non-hydrogen) atoms. The van der Waals surface area contributed by atoms with Crippen molar-refractivity contribution in [2.75, 3.05) is 13.1 Å². The Morgan fingerprint density at radius 2 is 2.00 bits per heavy atom. The van der Waals surface area contributed by atoms with Crippen LogP contribution in [-0.4, -0.2) is 25.0 Å². The highest BCUT2D eigenvalue weighted by atomic mass is 79.9. The van der Waals surface area contributed by atoms with Gasteiger partial charge in [-0.1, -0.05) is 0 Å². The summed E-state index contributed by atoms with van der Waals surface area (Å²) in [5.41, 5.74) is -0.828. The van der Waals surface area contributed by atoms with Crippen molar-refractivity contribution in [3.05, 3.63) is 33.8 Å². The van der Waals surface area contributed by atoms with E-state index in [0.717, 1.165) is 25.1 Å². The summed E-state index contributed by atoms with van der Waals surface area (Å²) < 4.78 is 38.3. The summed E-state index contributed by atoms with van der Waals surface area (Å²) in [5, 5.41) is 5.94. The molecule has 0 unspecified atom stereocenters. The van der Waals surface area contributed by atoms with Crippen molar-refractivity contribution < 1.29 is 18.0 Å². The van der Waals surface area contributed by atoms with Gasteiger partial charge in [0.2, 0.25) is 0 Å². The molecule has 0 bridgehead atoms. The van der Waals surface area contributed by atoms with Gasteiger partial charge >= 0.3 is 6.18 Å². The van der Waals surface area contributed by atoms with E-state index >= 15 is 0 Å². The third-order valence-corrected chi connectivity index (χ3v) is 3.88. The largest absolute Gasteiger partial charge is 0.416 e. The number of alkyl halides is 3. The van der Waals surface area contributed by atoms with Crippen LogP contribution in [0.3, 0.4) is 0 Å². The Kier molecular flexibility index (Phi) is 5.27. The van der Waals surface area contributed by atoms with Crippen LogP contribution in [0.2, 0.25) is 0 Å². The van der Waals surface area contributed by atoms with Gasteiger partial charge in [0.1, 0.15) is 0 Å². The summed E-state index contributed by atoms with van der Waals surface area (Å²) >= 11 is 3.11. The number of carbonyl (C=O) groups excluding carboxylic acids is 1. The van der Waals surface area contributed by atoms with Crippen molar-refractivity contribution in [2.24, 2.45) is 0 Å². The van der Waals surface area contributed by atoms with E-state index in [1.54, 1.807) is 0 Å². The molecule has 3 nitrogen and oxygen atoms in total. The Balaban J connectivity index is 1.88. The van der Waals surface area contributed by atoms with Crippen LogP contribution in [0, 0.1) is 0 Å². The Hall–Kier alpha value is -1.08. The molecule has 7 heteroatoms. The first kappa shape index (κ1) is 16.3. The van der Waals surface area contributed by atoms with E-state index in [1.165, 1.54) is 18.9 Å². The number of halogens is 4. The van der Waals surface area contributed by atoms with E-state index < -0.39 is 17.6 Å². The quantitative estimate of drug-likeness (QED) is 0.760. The Morgan fingerprint density at radius 1 is 1.29 bits per heavy atom. The smallest absolute Gasteiger partial charge is 0.352 e. The maximum Gasteiger partial charge on any atom is 0.416 e. The molecule has 1 aromatic rings. The second kappa shape index (κ2) is 6.79. The average Bonchev–Trinajstić information content (AvgIpc) is 3.21. The van der Waals surface area contributed by atoms with Gasteiger partial charge in [0.05, 0.1) is 11.1 Å². The normalized spacial score (nSPS) is 15.0. The van der Waals surface area contributed by atoms with Crippen LogP contribution in [0.1, 0.15) is 35.2 Å². The lowest BCUT2D eigenvalue weighted by Crippen LogP contribution is -2.28. The van der Waals surface area contributed by atoms with E-state index in [1.807, 2.05) is 0 Å². The van der Waals surface area contributed by atoms with Gasteiger partial charge in [-0.25, -0.2) is 0 Å². The van der Waals surface area contributed by atoms with Crippen LogP contribution < -0.4 is 10.6 Å². The maximum atomic E-state index is 12.6. The van der Waals surface area contributed by atoms with Crippen LogP contribution in [0.5, 0.6) is 0 Å². The highest BCUT2D eigenvalue weighted by Crippen LogP contribution is 2.31. The molecular formula is C14H16BrF3N2O. The molecule has 1 amide bonds. The molecule has 0 aromatic heterocycles. The molecule has 0 radical (unpaired) electrons. The van der Waals surface area contributed by atoms with Crippen molar-refractivity contribution in [3.63, 3.8) is 0 Å². The monoisotopic (exact) mass is 364 g/mol. The molecular weight excluding hydrogens is 349 g/mol. The fourth-order valence-corrected chi connectivity index (χ4v) is 2.28. The van der Waals surface area contributed by atoms with Crippen LogP contribution in [-0.2, 0) is 6.18 Å². The van der Waals surface area contributed by atoms with Crippen molar-refractivity contribution in [1.29, 1.82) is 0 Å². The van der Waals surface area contributed by atoms with Gasteiger partial charge in [-0.15, -0.1) is 0 Å². The minimum absolute atomic E-state index is 0.0000212. The maximum absolute atomic E-state index is 12.6. The van der Waals surface area contributed by atoms with Crippen LogP contribution in [0.15, 0.2) is 22.7 Å². The standard InChI is InChI=1S/C14H16BrF3N2O/c15-12-5-2-9(14(16,17)18)8-11(12)13(21)20-7-1-6-19-10-3-4-10/h2,5,8,10,19H,1,3-4,6-7H2,(H,20,21). The number of hydrogen-bond donors (Lipinski definition) is 2. The molecule has 1 aliphatic rings. The second-order valence-electron chi connectivity index (χ2n) is 5.03. The molecule has 1 aromatic carbocycles.